The summed E-state index contributed by atoms with van der Waals surface area (Å²) in [5.41, 5.74) is 1.43. The summed E-state index contributed by atoms with van der Waals surface area (Å²) in [5.74, 6) is 0. The van der Waals surface area contributed by atoms with Crippen molar-refractivity contribution < 1.29 is 14.4 Å². The fourth-order valence-electron chi connectivity index (χ4n) is 2.35. The Morgan fingerprint density at radius 2 is 2.05 bits per heavy atom. The van der Waals surface area contributed by atoms with E-state index in [0.717, 1.165) is 11.3 Å². The number of amides is 1. The van der Waals surface area contributed by atoms with Crippen molar-refractivity contribution >= 4 is 11.8 Å². The van der Waals surface area contributed by atoms with Gasteiger partial charge in [-0.05, 0) is 19.4 Å². The Balaban J connectivity index is 1.70. The lowest BCUT2D eigenvalue weighted by molar-refractivity contribution is -0.00912. The number of rotatable bonds is 2. The van der Waals surface area contributed by atoms with E-state index in [1.165, 1.54) is 0 Å². The summed E-state index contributed by atoms with van der Waals surface area (Å²) < 4.78 is 5.27. The Labute approximate surface area is 111 Å². The highest BCUT2D eigenvalue weighted by molar-refractivity contribution is 6.01. The molecule has 100 valence electrons. The molecule has 1 saturated heterocycles. The first kappa shape index (κ1) is 12.0. The second-order valence-electron chi connectivity index (χ2n) is 5.42. The largest absolute Gasteiger partial charge is 0.441 e. The molecule has 1 fully saturated rings. The molecule has 0 saturated carbocycles. The van der Waals surface area contributed by atoms with Crippen LogP contribution in [0.15, 0.2) is 35.5 Å². The molecular formula is C14H16N2O3. The molecule has 5 nitrogen and oxygen atoms in total. The monoisotopic (exact) mass is 260 g/mol. The molecule has 1 aromatic carbocycles. The van der Waals surface area contributed by atoms with Crippen LogP contribution in [0.25, 0.3) is 0 Å². The van der Waals surface area contributed by atoms with Gasteiger partial charge in [-0.25, -0.2) is 4.79 Å². The Hall–Kier alpha value is -2.04. The van der Waals surface area contributed by atoms with Crippen molar-refractivity contribution in [3.05, 3.63) is 35.9 Å². The summed E-state index contributed by atoms with van der Waals surface area (Å²) in [4.78, 5) is 18.8. The van der Waals surface area contributed by atoms with Crippen LogP contribution in [0, 0.1) is 0 Å². The van der Waals surface area contributed by atoms with E-state index in [9.17, 15) is 4.79 Å². The Morgan fingerprint density at radius 1 is 1.32 bits per heavy atom. The number of oxime groups is 1. The van der Waals surface area contributed by atoms with Gasteiger partial charge in [-0.15, -0.1) is 0 Å². The highest BCUT2D eigenvalue weighted by Crippen LogP contribution is 2.28. The van der Waals surface area contributed by atoms with E-state index in [2.05, 4.69) is 5.16 Å². The molecule has 0 unspecified atom stereocenters. The van der Waals surface area contributed by atoms with Gasteiger partial charge in [0.05, 0.1) is 18.7 Å². The van der Waals surface area contributed by atoms with Crippen LogP contribution in [-0.2, 0) is 9.57 Å². The van der Waals surface area contributed by atoms with E-state index in [1.807, 2.05) is 44.2 Å². The highest BCUT2D eigenvalue weighted by atomic mass is 16.7. The number of carbonyl (C=O) groups excluding carboxylic acids is 1. The van der Waals surface area contributed by atoms with E-state index in [-0.39, 0.29) is 12.3 Å². The molecule has 0 aromatic heterocycles. The van der Waals surface area contributed by atoms with Crippen molar-refractivity contribution in [3.63, 3.8) is 0 Å². The van der Waals surface area contributed by atoms with Gasteiger partial charge in [0.15, 0.2) is 0 Å². The molecule has 2 aliphatic heterocycles. The van der Waals surface area contributed by atoms with E-state index < -0.39 is 5.60 Å². The van der Waals surface area contributed by atoms with Crippen molar-refractivity contribution in [2.24, 2.45) is 5.16 Å². The third kappa shape index (κ3) is 2.28. The average Bonchev–Trinajstić information content (AvgIpc) is 2.95. The zero-order chi connectivity index (χ0) is 13.5. The lowest BCUT2D eigenvalue weighted by Gasteiger charge is -2.19. The minimum atomic E-state index is -0.462. The number of hydrogen-bond donors (Lipinski definition) is 0. The first-order valence-corrected chi connectivity index (χ1v) is 6.33. The van der Waals surface area contributed by atoms with Crippen LogP contribution in [0.1, 0.15) is 25.8 Å². The summed E-state index contributed by atoms with van der Waals surface area (Å²) in [5, 5.41) is 4.08. The zero-order valence-corrected chi connectivity index (χ0v) is 11.0. The minimum absolute atomic E-state index is 0.334. The van der Waals surface area contributed by atoms with Crippen LogP contribution in [0.4, 0.5) is 4.79 Å². The standard InChI is InChI=1S/C14H16N2O3/c1-14(2)9-16(13(17)18-14)12-8-11(15-19-12)10-6-4-3-5-7-10/h3-7,12H,8-9H2,1-2H3/t12-/m1/s1. The third-order valence-electron chi connectivity index (χ3n) is 3.26. The van der Waals surface area contributed by atoms with Gasteiger partial charge in [0, 0.05) is 0 Å². The lowest BCUT2D eigenvalue weighted by atomic mass is 10.1. The second-order valence-corrected chi connectivity index (χ2v) is 5.42. The average molecular weight is 260 g/mol. The highest BCUT2D eigenvalue weighted by Gasteiger charge is 2.43. The van der Waals surface area contributed by atoms with Crippen molar-refractivity contribution in [2.75, 3.05) is 6.54 Å². The van der Waals surface area contributed by atoms with E-state index in [4.69, 9.17) is 9.57 Å². The first-order valence-electron chi connectivity index (χ1n) is 6.33. The van der Waals surface area contributed by atoms with Gasteiger partial charge in [0.1, 0.15) is 5.60 Å². The Morgan fingerprint density at radius 3 is 2.68 bits per heavy atom. The molecule has 2 aliphatic rings. The van der Waals surface area contributed by atoms with Gasteiger partial charge in [0.25, 0.3) is 0 Å². The maximum Gasteiger partial charge on any atom is 0.413 e. The summed E-state index contributed by atoms with van der Waals surface area (Å²) in [6, 6.07) is 9.84. The van der Waals surface area contributed by atoms with Crippen LogP contribution < -0.4 is 0 Å². The lowest BCUT2D eigenvalue weighted by Crippen LogP contribution is -2.37. The Kier molecular flexibility index (Phi) is 2.69. The molecule has 0 aliphatic carbocycles. The maximum absolute atomic E-state index is 11.8. The van der Waals surface area contributed by atoms with Crippen LogP contribution in [0.2, 0.25) is 0 Å². The molecule has 1 aromatic rings. The number of cyclic esters (lactones) is 1. The fraction of sp³-hybridized carbons (Fsp3) is 0.429. The topological polar surface area (TPSA) is 51.1 Å². The molecule has 1 amide bonds. The fourth-order valence-corrected chi connectivity index (χ4v) is 2.35. The molecule has 1 atom stereocenters. The number of ether oxygens (including phenoxy) is 1. The quantitative estimate of drug-likeness (QED) is 0.820. The molecule has 5 heteroatoms. The number of hydrogen-bond acceptors (Lipinski definition) is 4. The summed E-state index contributed by atoms with van der Waals surface area (Å²) in [6.45, 7) is 4.30. The van der Waals surface area contributed by atoms with Crippen LogP contribution in [-0.4, -0.2) is 35.1 Å². The molecule has 0 bridgehead atoms. The predicted octanol–water partition coefficient (Wildman–Crippen LogP) is 2.37. The summed E-state index contributed by atoms with van der Waals surface area (Å²) in [7, 11) is 0. The van der Waals surface area contributed by atoms with E-state index >= 15 is 0 Å². The van der Waals surface area contributed by atoms with Gasteiger partial charge in [-0.2, -0.15) is 0 Å². The van der Waals surface area contributed by atoms with Gasteiger partial charge in [-0.1, -0.05) is 35.5 Å². The molecule has 2 heterocycles. The molecule has 0 radical (unpaired) electrons. The van der Waals surface area contributed by atoms with Crippen molar-refractivity contribution in [1.29, 1.82) is 0 Å². The van der Waals surface area contributed by atoms with Gasteiger partial charge in [-0.3, -0.25) is 4.90 Å². The smallest absolute Gasteiger partial charge is 0.413 e. The molecular weight excluding hydrogens is 244 g/mol. The van der Waals surface area contributed by atoms with Gasteiger partial charge >= 0.3 is 6.09 Å². The van der Waals surface area contributed by atoms with Crippen LogP contribution >= 0.6 is 0 Å². The molecule has 3 rings (SSSR count). The minimum Gasteiger partial charge on any atom is -0.441 e. The summed E-state index contributed by atoms with van der Waals surface area (Å²) in [6.07, 6.45) is -0.0983. The normalized spacial score (nSPS) is 24.9. The van der Waals surface area contributed by atoms with E-state index in [1.54, 1.807) is 4.90 Å². The van der Waals surface area contributed by atoms with Crippen molar-refractivity contribution in [2.45, 2.75) is 32.1 Å². The zero-order valence-electron chi connectivity index (χ0n) is 11.0. The van der Waals surface area contributed by atoms with Gasteiger partial charge < -0.3 is 9.57 Å². The van der Waals surface area contributed by atoms with Crippen LogP contribution in [0.5, 0.6) is 0 Å². The first-order chi connectivity index (χ1) is 9.05. The maximum atomic E-state index is 11.8. The number of benzene rings is 1. The molecule has 0 N–H and O–H groups in total. The third-order valence-corrected chi connectivity index (χ3v) is 3.26. The van der Waals surface area contributed by atoms with Crippen LogP contribution in [0.3, 0.4) is 0 Å². The van der Waals surface area contributed by atoms with E-state index in [0.29, 0.717) is 13.0 Å². The van der Waals surface area contributed by atoms with Crippen molar-refractivity contribution in [3.8, 4) is 0 Å². The Bertz CT molecular complexity index is 525. The van der Waals surface area contributed by atoms with Crippen molar-refractivity contribution in [1.82, 2.24) is 4.90 Å². The second kappa shape index (κ2) is 4.26. The number of nitrogens with zero attached hydrogens (tertiary/aromatic N) is 2. The molecule has 19 heavy (non-hydrogen) atoms. The summed E-state index contributed by atoms with van der Waals surface area (Å²) >= 11 is 0. The molecule has 0 spiro atoms. The van der Waals surface area contributed by atoms with Gasteiger partial charge in [0.2, 0.25) is 6.23 Å². The predicted molar refractivity (Wildman–Crippen MR) is 69.7 cm³/mol. The number of carbonyl (C=O) groups is 1. The SMILES string of the molecule is CC1(C)CN([C@H]2CC(c3ccccc3)=NO2)C(=O)O1.